The largest absolute Gasteiger partial charge is 0.355 e. The van der Waals surface area contributed by atoms with Crippen LogP contribution < -0.4 is 5.32 Å². The number of piperidine rings is 1. The molecular formula is C12H12FNO2. The van der Waals surface area contributed by atoms with E-state index in [1.807, 2.05) is 0 Å². The number of hydrogen-bond acceptors (Lipinski definition) is 2. The third-order valence-corrected chi connectivity index (χ3v) is 2.93. The quantitative estimate of drug-likeness (QED) is 0.764. The van der Waals surface area contributed by atoms with E-state index >= 15 is 0 Å². The Morgan fingerprint density at radius 2 is 2.00 bits per heavy atom. The van der Waals surface area contributed by atoms with Crippen molar-refractivity contribution >= 4 is 12.2 Å². The fourth-order valence-corrected chi connectivity index (χ4v) is 2.02. The molecule has 0 aliphatic carbocycles. The molecule has 0 spiro atoms. The summed E-state index contributed by atoms with van der Waals surface area (Å²) in [6.45, 7) is 0.365. The summed E-state index contributed by atoms with van der Waals surface area (Å²) in [6.07, 6.45) is 1.14. The van der Waals surface area contributed by atoms with E-state index in [1.165, 1.54) is 12.1 Å². The van der Waals surface area contributed by atoms with Gasteiger partial charge < -0.3 is 10.1 Å². The summed E-state index contributed by atoms with van der Waals surface area (Å²) in [5.41, 5.74) is 0.841. The summed E-state index contributed by atoms with van der Waals surface area (Å²) in [6, 6.07) is 5.97. The Kier molecular flexibility index (Phi) is 2.99. The second-order valence-electron chi connectivity index (χ2n) is 3.97. The second kappa shape index (κ2) is 4.43. The molecule has 3 nitrogen and oxygen atoms in total. The van der Waals surface area contributed by atoms with Gasteiger partial charge in [0.25, 0.3) is 0 Å². The first-order valence-corrected chi connectivity index (χ1v) is 5.18. The lowest BCUT2D eigenvalue weighted by molar-refractivity contribution is -0.124. The topological polar surface area (TPSA) is 46.2 Å². The number of aldehydes is 1. The number of benzene rings is 1. The lowest BCUT2D eigenvalue weighted by Gasteiger charge is -2.28. The molecule has 1 aliphatic rings. The van der Waals surface area contributed by atoms with Gasteiger partial charge in [0, 0.05) is 24.8 Å². The van der Waals surface area contributed by atoms with E-state index in [-0.39, 0.29) is 30.0 Å². The van der Waals surface area contributed by atoms with Gasteiger partial charge in [-0.3, -0.25) is 4.79 Å². The number of carbonyl (C=O) groups is 2. The zero-order valence-electron chi connectivity index (χ0n) is 8.65. The molecule has 0 bridgehead atoms. The van der Waals surface area contributed by atoms with Gasteiger partial charge in [0.1, 0.15) is 12.1 Å². The van der Waals surface area contributed by atoms with Crippen LogP contribution in [0.25, 0.3) is 0 Å². The van der Waals surface area contributed by atoms with Crippen LogP contribution in [-0.4, -0.2) is 18.7 Å². The Hall–Kier alpha value is -1.71. The molecule has 2 rings (SSSR count). The summed E-state index contributed by atoms with van der Waals surface area (Å²) >= 11 is 0. The highest BCUT2D eigenvalue weighted by atomic mass is 19.1. The normalized spacial score (nSPS) is 24.9. The van der Waals surface area contributed by atoms with Crippen LogP contribution >= 0.6 is 0 Å². The molecule has 1 heterocycles. The molecule has 1 fully saturated rings. The van der Waals surface area contributed by atoms with Crippen LogP contribution in [0.5, 0.6) is 0 Å². The first-order chi connectivity index (χ1) is 7.70. The summed E-state index contributed by atoms with van der Waals surface area (Å²) in [5, 5.41) is 2.65. The number of hydrogen-bond donors (Lipinski definition) is 1. The zero-order valence-corrected chi connectivity index (χ0v) is 8.65. The highest BCUT2D eigenvalue weighted by Crippen LogP contribution is 2.29. The number of rotatable bonds is 2. The van der Waals surface area contributed by atoms with Gasteiger partial charge in [-0.15, -0.1) is 0 Å². The van der Waals surface area contributed by atoms with E-state index < -0.39 is 0 Å². The Bertz CT molecular complexity index is 402. The number of amides is 1. The third kappa shape index (κ3) is 2.10. The van der Waals surface area contributed by atoms with Gasteiger partial charge in [-0.25, -0.2) is 4.39 Å². The molecule has 1 aromatic carbocycles. The minimum atomic E-state index is -0.313. The van der Waals surface area contributed by atoms with Crippen LogP contribution in [0.4, 0.5) is 4.39 Å². The Labute approximate surface area is 92.7 Å². The molecule has 4 heteroatoms. The molecule has 2 atom stereocenters. The molecule has 0 saturated carbocycles. The van der Waals surface area contributed by atoms with Crippen molar-refractivity contribution in [1.29, 1.82) is 0 Å². The molecular weight excluding hydrogens is 209 g/mol. The van der Waals surface area contributed by atoms with Gasteiger partial charge >= 0.3 is 0 Å². The second-order valence-corrected chi connectivity index (χ2v) is 3.97. The number of halogens is 1. The van der Waals surface area contributed by atoms with Crippen LogP contribution in [0.3, 0.4) is 0 Å². The van der Waals surface area contributed by atoms with Crippen molar-refractivity contribution in [2.24, 2.45) is 5.92 Å². The molecule has 2 unspecified atom stereocenters. The molecule has 1 aromatic rings. The lowest BCUT2D eigenvalue weighted by atomic mass is 9.82. The van der Waals surface area contributed by atoms with E-state index in [4.69, 9.17) is 0 Å². The average Bonchev–Trinajstić information content (AvgIpc) is 2.30. The smallest absolute Gasteiger partial charge is 0.220 e. The van der Waals surface area contributed by atoms with Crippen molar-refractivity contribution in [3.05, 3.63) is 35.6 Å². The molecule has 1 N–H and O–H groups in total. The minimum Gasteiger partial charge on any atom is -0.355 e. The van der Waals surface area contributed by atoms with E-state index in [9.17, 15) is 14.0 Å². The van der Waals surface area contributed by atoms with E-state index in [1.54, 1.807) is 12.1 Å². The van der Waals surface area contributed by atoms with Gasteiger partial charge in [0.2, 0.25) is 5.91 Å². The third-order valence-electron chi connectivity index (χ3n) is 2.93. The maximum absolute atomic E-state index is 12.8. The van der Waals surface area contributed by atoms with Crippen LogP contribution in [-0.2, 0) is 9.59 Å². The molecule has 1 saturated heterocycles. The summed E-state index contributed by atoms with van der Waals surface area (Å²) in [7, 11) is 0. The predicted octanol–water partition coefficient (Wildman–Crippen LogP) is 1.24. The Morgan fingerprint density at radius 3 is 2.62 bits per heavy atom. The number of nitrogens with one attached hydrogen (secondary N) is 1. The molecule has 84 valence electrons. The van der Waals surface area contributed by atoms with Crippen LogP contribution in [0.2, 0.25) is 0 Å². The molecule has 0 aromatic heterocycles. The lowest BCUT2D eigenvalue weighted by Crippen LogP contribution is -2.40. The van der Waals surface area contributed by atoms with Gasteiger partial charge in [0.15, 0.2) is 0 Å². The molecule has 16 heavy (non-hydrogen) atoms. The predicted molar refractivity (Wildman–Crippen MR) is 56.3 cm³/mol. The van der Waals surface area contributed by atoms with Crippen LogP contribution in [0.15, 0.2) is 24.3 Å². The minimum absolute atomic E-state index is 0.0626. The highest BCUT2D eigenvalue weighted by Gasteiger charge is 2.29. The van der Waals surface area contributed by atoms with Crippen molar-refractivity contribution in [1.82, 2.24) is 5.32 Å². The maximum atomic E-state index is 12.8. The Balaban J connectivity index is 2.25. The molecule has 0 radical (unpaired) electrons. The number of carbonyl (C=O) groups excluding carboxylic acids is 2. The van der Waals surface area contributed by atoms with Crippen molar-refractivity contribution in [2.75, 3.05) is 6.54 Å². The first kappa shape index (κ1) is 10.8. The summed E-state index contributed by atoms with van der Waals surface area (Å²) < 4.78 is 12.8. The van der Waals surface area contributed by atoms with Crippen LogP contribution in [0.1, 0.15) is 17.9 Å². The standard InChI is InChI=1S/C12H12FNO2/c13-10-3-1-8(2-4-10)11-5-12(16)14-6-9(11)7-15/h1-4,7,9,11H,5-6H2,(H,14,16). The average molecular weight is 221 g/mol. The van der Waals surface area contributed by atoms with Crippen LogP contribution in [0, 0.1) is 11.7 Å². The molecule has 1 amide bonds. The summed E-state index contributed by atoms with van der Waals surface area (Å²) in [5.74, 6) is -0.728. The van der Waals surface area contributed by atoms with E-state index in [0.29, 0.717) is 6.54 Å². The highest BCUT2D eigenvalue weighted by molar-refractivity contribution is 5.79. The first-order valence-electron chi connectivity index (χ1n) is 5.18. The van der Waals surface area contributed by atoms with E-state index in [0.717, 1.165) is 11.8 Å². The van der Waals surface area contributed by atoms with Crippen molar-refractivity contribution in [2.45, 2.75) is 12.3 Å². The van der Waals surface area contributed by atoms with Crippen molar-refractivity contribution in [3.63, 3.8) is 0 Å². The van der Waals surface area contributed by atoms with Gasteiger partial charge in [0.05, 0.1) is 0 Å². The van der Waals surface area contributed by atoms with Gasteiger partial charge in [-0.1, -0.05) is 12.1 Å². The maximum Gasteiger partial charge on any atom is 0.220 e. The van der Waals surface area contributed by atoms with Crippen molar-refractivity contribution in [3.8, 4) is 0 Å². The molecule has 1 aliphatic heterocycles. The SMILES string of the molecule is O=CC1CNC(=O)CC1c1ccc(F)cc1. The fraction of sp³-hybridized carbons (Fsp3) is 0.333. The Morgan fingerprint density at radius 1 is 1.31 bits per heavy atom. The van der Waals surface area contributed by atoms with Gasteiger partial charge in [-0.2, -0.15) is 0 Å². The monoisotopic (exact) mass is 221 g/mol. The van der Waals surface area contributed by atoms with Gasteiger partial charge in [-0.05, 0) is 17.7 Å². The van der Waals surface area contributed by atoms with Crippen molar-refractivity contribution < 1.29 is 14.0 Å². The summed E-state index contributed by atoms with van der Waals surface area (Å²) in [4.78, 5) is 22.2. The zero-order chi connectivity index (χ0) is 11.5. The fourth-order valence-electron chi connectivity index (χ4n) is 2.02. The van der Waals surface area contributed by atoms with E-state index in [2.05, 4.69) is 5.32 Å².